The van der Waals surface area contributed by atoms with Crippen molar-refractivity contribution >= 4 is 50.8 Å². The highest BCUT2D eigenvalue weighted by atomic mass is 32.2. The molecule has 7 heteroatoms. The molecule has 0 unspecified atom stereocenters. The van der Waals surface area contributed by atoms with Crippen LogP contribution in [0.5, 0.6) is 0 Å². The van der Waals surface area contributed by atoms with E-state index in [1.54, 1.807) is 11.3 Å². The maximum Gasteiger partial charge on any atom is 0.234 e. The zero-order chi connectivity index (χ0) is 18.4. The van der Waals surface area contributed by atoms with E-state index in [4.69, 9.17) is 0 Å². The first-order valence-electron chi connectivity index (χ1n) is 8.15. The summed E-state index contributed by atoms with van der Waals surface area (Å²) in [5.41, 5.74) is 2.85. The molecule has 0 aliphatic heterocycles. The molecule has 0 radical (unpaired) electrons. The SMILES string of the molecule is Cc1ccc(NC(=O)CSCC(=O)NCc2nc3ccccc3s2)cc1. The normalized spacial score (nSPS) is 10.7. The minimum atomic E-state index is -0.113. The number of benzene rings is 2. The Morgan fingerprint density at radius 2 is 1.77 bits per heavy atom. The molecule has 2 amide bonds. The zero-order valence-corrected chi connectivity index (χ0v) is 16.0. The van der Waals surface area contributed by atoms with Crippen LogP contribution < -0.4 is 10.6 Å². The third-order valence-electron chi connectivity index (χ3n) is 3.58. The molecule has 26 heavy (non-hydrogen) atoms. The number of thiazole rings is 1. The van der Waals surface area contributed by atoms with Gasteiger partial charge in [-0.3, -0.25) is 9.59 Å². The van der Waals surface area contributed by atoms with E-state index in [-0.39, 0.29) is 23.3 Å². The van der Waals surface area contributed by atoms with E-state index in [1.165, 1.54) is 11.8 Å². The Morgan fingerprint density at radius 3 is 2.54 bits per heavy atom. The molecule has 0 aliphatic carbocycles. The quantitative estimate of drug-likeness (QED) is 0.652. The molecule has 0 aliphatic rings. The number of aryl methyl sites for hydroxylation is 1. The summed E-state index contributed by atoms with van der Waals surface area (Å²) in [6.45, 7) is 2.41. The second-order valence-corrected chi connectivity index (χ2v) is 7.86. The van der Waals surface area contributed by atoms with Gasteiger partial charge in [-0.1, -0.05) is 29.8 Å². The second kappa shape index (κ2) is 8.82. The van der Waals surface area contributed by atoms with Gasteiger partial charge < -0.3 is 10.6 Å². The molecular formula is C19H19N3O2S2. The molecule has 3 rings (SSSR count). The number of thioether (sulfide) groups is 1. The molecule has 0 bridgehead atoms. The number of amides is 2. The van der Waals surface area contributed by atoms with Gasteiger partial charge in [0, 0.05) is 5.69 Å². The largest absolute Gasteiger partial charge is 0.349 e. The molecule has 2 aromatic carbocycles. The molecule has 1 heterocycles. The van der Waals surface area contributed by atoms with Crippen LogP contribution in [0.2, 0.25) is 0 Å². The smallest absolute Gasteiger partial charge is 0.234 e. The van der Waals surface area contributed by atoms with Crippen molar-refractivity contribution in [2.75, 3.05) is 16.8 Å². The van der Waals surface area contributed by atoms with Crippen molar-refractivity contribution in [3.05, 3.63) is 59.1 Å². The van der Waals surface area contributed by atoms with E-state index in [0.29, 0.717) is 6.54 Å². The Labute approximate surface area is 160 Å². The molecular weight excluding hydrogens is 366 g/mol. The number of nitrogens with one attached hydrogen (secondary N) is 2. The lowest BCUT2D eigenvalue weighted by molar-refractivity contribution is -0.118. The monoisotopic (exact) mass is 385 g/mol. The molecule has 0 saturated carbocycles. The van der Waals surface area contributed by atoms with Crippen molar-refractivity contribution < 1.29 is 9.59 Å². The van der Waals surface area contributed by atoms with E-state index < -0.39 is 0 Å². The third kappa shape index (κ3) is 5.31. The van der Waals surface area contributed by atoms with Crippen LogP contribution in [0.1, 0.15) is 10.6 Å². The fourth-order valence-corrected chi connectivity index (χ4v) is 3.85. The van der Waals surface area contributed by atoms with Gasteiger partial charge in [0.25, 0.3) is 0 Å². The molecule has 134 valence electrons. The topological polar surface area (TPSA) is 71.1 Å². The number of para-hydroxylation sites is 1. The lowest BCUT2D eigenvalue weighted by Gasteiger charge is -2.06. The van der Waals surface area contributed by atoms with Crippen molar-refractivity contribution in [3.8, 4) is 0 Å². The third-order valence-corrected chi connectivity index (χ3v) is 5.55. The number of nitrogens with zero attached hydrogens (tertiary/aromatic N) is 1. The van der Waals surface area contributed by atoms with Gasteiger partial charge in [-0.05, 0) is 31.2 Å². The lowest BCUT2D eigenvalue weighted by Crippen LogP contribution is -2.25. The van der Waals surface area contributed by atoms with Crippen LogP contribution in [0.15, 0.2) is 48.5 Å². The summed E-state index contributed by atoms with van der Waals surface area (Å²) < 4.78 is 1.11. The summed E-state index contributed by atoms with van der Waals surface area (Å²) in [5, 5.41) is 6.54. The summed E-state index contributed by atoms with van der Waals surface area (Å²) in [5.74, 6) is 0.268. The Balaban J connectivity index is 1.37. The number of hydrogen-bond acceptors (Lipinski definition) is 5. The molecule has 0 atom stereocenters. The van der Waals surface area contributed by atoms with Gasteiger partial charge in [-0.15, -0.1) is 23.1 Å². The van der Waals surface area contributed by atoms with E-state index in [1.807, 2.05) is 55.5 Å². The molecule has 0 saturated heterocycles. The molecule has 3 aromatic rings. The Bertz CT molecular complexity index is 874. The summed E-state index contributed by atoms with van der Waals surface area (Å²) >= 11 is 2.86. The van der Waals surface area contributed by atoms with Crippen LogP contribution in [0, 0.1) is 6.92 Å². The van der Waals surface area contributed by atoms with E-state index in [0.717, 1.165) is 26.5 Å². The minimum absolute atomic E-state index is 0.0996. The van der Waals surface area contributed by atoms with Crippen molar-refractivity contribution in [3.63, 3.8) is 0 Å². The Morgan fingerprint density at radius 1 is 1.04 bits per heavy atom. The first-order valence-corrected chi connectivity index (χ1v) is 10.1. The summed E-state index contributed by atoms with van der Waals surface area (Å²) in [4.78, 5) is 28.3. The standard InChI is InChI=1S/C19H19N3O2S2/c1-13-6-8-14(9-7-13)21-18(24)12-25-11-17(23)20-10-19-22-15-4-2-3-5-16(15)26-19/h2-9H,10-12H2,1H3,(H,20,23)(H,21,24). The summed E-state index contributed by atoms with van der Waals surface area (Å²) in [7, 11) is 0. The number of rotatable bonds is 7. The van der Waals surface area contributed by atoms with Gasteiger partial charge in [-0.2, -0.15) is 0 Å². The number of hydrogen-bond donors (Lipinski definition) is 2. The van der Waals surface area contributed by atoms with Crippen molar-refractivity contribution in [2.24, 2.45) is 0 Å². The molecule has 5 nitrogen and oxygen atoms in total. The first kappa shape index (κ1) is 18.4. The van der Waals surface area contributed by atoms with E-state index >= 15 is 0 Å². The molecule has 0 spiro atoms. The minimum Gasteiger partial charge on any atom is -0.349 e. The van der Waals surface area contributed by atoms with Gasteiger partial charge in [0.05, 0.1) is 28.3 Å². The van der Waals surface area contributed by atoms with Crippen molar-refractivity contribution in [1.82, 2.24) is 10.3 Å². The van der Waals surface area contributed by atoms with Crippen LogP contribution in [-0.4, -0.2) is 28.3 Å². The summed E-state index contributed by atoms with van der Waals surface area (Å²) in [6.07, 6.45) is 0. The van der Waals surface area contributed by atoms with Crippen LogP contribution in [0.4, 0.5) is 5.69 Å². The maximum atomic E-state index is 11.9. The number of aromatic nitrogens is 1. The average molecular weight is 386 g/mol. The highest BCUT2D eigenvalue weighted by Gasteiger charge is 2.08. The predicted octanol–water partition coefficient (Wildman–Crippen LogP) is 3.59. The van der Waals surface area contributed by atoms with E-state index in [9.17, 15) is 9.59 Å². The second-order valence-electron chi connectivity index (χ2n) is 5.76. The van der Waals surface area contributed by atoms with Crippen LogP contribution in [0.3, 0.4) is 0 Å². The van der Waals surface area contributed by atoms with Gasteiger partial charge >= 0.3 is 0 Å². The van der Waals surface area contributed by atoms with Gasteiger partial charge in [0.1, 0.15) is 5.01 Å². The van der Waals surface area contributed by atoms with Crippen LogP contribution in [-0.2, 0) is 16.1 Å². The lowest BCUT2D eigenvalue weighted by atomic mass is 10.2. The van der Waals surface area contributed by atoms with Gasteiger partial charge in [-0.25, -0.2) is 4.98 Å². The average Bonchev–Trinajstić information content (AvgIpc) is 3.05. The molecule has 1 aromatic heterocycles. The fraction of sp³-hybridized carbons (Fsp3) is 0.211. The van der Waals surface area contributed by atoms with E-state index in [2.05, 4.69) is 15.6 Å². The number of carbonyl (C=O) groups excluding carboxylic acids is 2. The number of carbonyl (C=O) groups is 2. The first-order chi connectivity index (χ1) is 12.6. The van der Waals surface area contributed by atoms with Gasteiger partial charge in [0.15, 0.2) is 0 Å². The predicted molar refractivity (Wildman–Crippen MR) is 109 cm³/mol. The molecule has 2 N–H and O–H groups in total. The maximum absolute atomic E-state index is 11.9. The fourth-order valence-electron chi connectivity index (χ4n) is 2.29. The Kier molecular flexibility index (Phi) is 6.25. The number of fused-ring (bicyclic) bond motifs is 1. The van der Waals surface area contributed by atoms with Gasteiger partial charge in [0.2, 0.25) is 11.8 Å². The highest BCUT2D eigenvalue weighted by molar-refractivity contribution is 8.00. The zero-order valence-electron chi connectivity index (χ0n) is 14.3. The van der Waals surface area contributed by atoms with Crippen LogP contribution in [0.25, 0.3) is 10.2 Å². The Hall–Kier alpha value is -2.38. The summed E-state index contributed by atoms with van der Waals surface area (Å²) in [6, 6.07) is 15.5. The van der Waals surface area contributed by atoms with Crippen molar-refractivity contribution in [1.29, 1.82) is 0 Å². The van der Waals surface area contributed by atoms with Crippen molar-refractivity contribution in [2.45, 2.75) is 13.5 Å². The molecule has 0 fully saturated rings. The number of anilines is 1. The van der Waals surface area contributed by atoms with Crippen LogP contribution >= 0.6 is 23.1 Å². The highest BCUT2D eigenvalue weighted by Crippen LogP contribution is 2.21.